The molecule has 4 heteroatoms. The first-order valence-corrected chi connectivity index (χ1v) is 6.74. The summed E-state index contributed by atoms with van der Waals surface area (Å²) in [6.45, 7) is 4.53. The van der Waals surface area contributed by atoms with Crippen LogP contribution in [0.15, 0.2) is 0 Å². The first-order valence-electron chi connectivity index (χ1n) is 6.74. The number of carbonyl (C=O) groups excluding carboxylic acids is 1. The fourth-order valence-electron chi connectivity index (χ4n) is 2.73. The SMILES string of the molecule is CCCC1CCCN(C(CN)C(=O)OC)CC1. The van der Waals surface area contributed by atoms with E-state index in [9.17, 15) is 4.79 Å². The summed E-state index contributed by atoms with van der Waals surface area (Å²) in [5, 5.41) is 0. The third-order valence-corrected chi connectivity index (χ3v) is 3.72. The zero-order chi connectivity index (χ0) is 12.7. The van der Waals surface area contributed by atoms with Crippen molar-refractivity contribution in [1.29, 1.82) is 0 Å². The molecular weight excluding hydrogens is 216 g/mol. The topological polar surface area (TPSA) is 55.6 Å². The van der Waals surface area contributed by atoms with Crippen LogP contribution in [-0.4, -0.2) is 43.7 Å². The Bertz CT molecular complexity index is 233. The summed E-state index contributed by atoms with van der Waals surface area (Å²) in [6.07, 6.45) is 6.18. The number of nitrogens with two attached hydrogens (primary N) is 1. The highest BCUT2D eigenvalue weighted by Gasteiger charge is 2.27. The van der Waals surface area contributed by atoms with E-state index in [0.29, 0.717) is 6.54 Å². The second-order valence-corrected chi connectivity index (χ2v) is 4.90. The molecule has 0 radical (unpaired) electrons. The lowest BCUT2D eigenvalue weighted by Gasteiger charge is -2.27. The summed E-state index contributed by atoms with van der Waals surface area (Å²) in [5.74, 6) is 0.627. The molecule has 1 aliphatic rings. The van der Waals surface area contributed by atoms with Crippen molar-refractivity contribution in [2.24, 2.45) is 11.7 Å². The molecule has 0 aromatic rings. The van der Waals surface area contributed by atoms with E-state index in [-0.39, 0.29) is 12.0 Å². The Hall–Kier alpha value is -0.610. The minimum atomic E-state index is -0.250. The quantitative estimate of drug-likeness (QED) is 0.740. The highest BCUT2D eigenvalue weighted by atomic mass is 16.5. The van der Waals surface area contributed by atoms with Crippen molar-refractivity contribution in [1.82, 2.24) is 4.90 Å². The van der Waals surface area contributed by atoms with Crippen molar-refractivity contribution in [3.05, 3.63) is 0 Å². The Kier molecular flexibility index (Phi) is 6.52. The van der Waals surface area contributed by atoms with Gasteiger partial charge in [-0.3, -0.25) is 9.69 Å². The zero-order valence-electron chi connectivity index (χ0n) is 11.2. The van der Waals surface area contributed by atoms with Crippen molar-refractivity contribution in [3.63, 3.8) is 0 Å². The highest BCUT2D eigenvalue weighted by molar-refractivity contribution is 5.75. The minimum Gasteiger partial charge on any atom is -0.468 e. The van der Waals surface area contributed by atoms with Gasteiger partial charge in [-0.2, -0.15) is 0 Å². The van der Waals surface area contributed by atoms with Crippen LogP contribution < -0.4 is 5.73 Å². The Labute approximate surface area is 104 Å². The predicted octanol–water partition coefficient (Wildman–Crippen LogP) is 1.39. The van der Waals surface area contributed by atoms with Gasteiger partial charge < -0.3 is 10.5 Å². The number of methoxy groups -OCH3 is 1. The molecule has 1 aliphatic heterocycles. The Morgan fingerprint density at radius 1 is 1.47 bits per heavy atom. The molecule has 2 N–H and O–H groups in total. The maximum Gasteiger partial charge on any atom is 0.324 e. The average molecular weight is 242 g/mol. The molecule has 100 valence electrons. The predicted molar refractivity (Wildman–Crippen MR) is 68.7 cm³/mol. The number of hydrogen-bond acceptors (Lipinski definition) is 4. The van der Waals surface area contributed by atoms with Crippen molar-refractivity contribution < 1.29 is 9.53 Å². The van der Waals surface area contributed by atoms with Gasteiger partial charge in [0.2, 0.25) is 0 Å². The van der Waals surface area contributed by atoms with Crippen molar-refractivity contribution in [2.45, 2.75) is 45.1 Å². The van der Waals surface area contributed by atoms with Crippen molar-refractivity contribution >= 4 is 5.97 Å². The summed E-state index contributed by atoms with van der Waals surface area (Å²) in [7, 11) is 1.43. The van der Waals surface area contributed by atoms with Gasteiger partial charge in [0.15, 0.2) is 0 Å². The first kappa shape index (κ1) is 14.5. The lowest BCUT2D eigenvalue weighted by Crippen LogP contribution is -2.47. The van der Waals surface area contributed by atoms with E-state index in [2.05, 4.69) is 11.8 Å². The molecule has 2 unspecified atom stereocenters. The maximum absolute atomic E-state index is 11.6. The van der Waals surface area contributed by atoms with Crippen LogP contribution in [-0.2, 0) is 9.53 Å². The van der Waals surface area contributed by atoms with Crippen LogP contribution in [0, 0.1) is 5.92 Å². The van der Waals surface area contributed by atoms with Gasteiger partial charge in [-0.1, -0.05) is 19.8 Å². The number of hydrogen-bond donors (Lipinski definition) is 1. The molecule has 0 saturated carbocycles. The molecule has 1 heterocycles. The molecular formula is C13H26N2O2. The molecule has 0 aromatic carbocycles. The van der Waals surface area contributed by atoms with E-state index in [1.54, 1.807) is 0 Å². The molecule has 2 atom stereocenters. The number of ether oxygens (including phenoxy) is 1. The van der Waals surface area contributed by atoms with Crippen LogP contribution in [0.1, 0.15) is 39.0 Å². The fourth-order valence-corrected chi connectivity index (χ4v) is 2.73. The number of rotatable bonds is 5. The van der Waals surface area contributed by atoms with Gasteiger partial charge >= 0.3 is 5.97 Å². The van der Waals surface area contributed by atoms with Crippen LogP contribution in [0.25, 0.3) is 0 Å². The van der Waals surface area contributed by atoms with Crippen LogP contribution in [0.4, 0.5) is 0 Å². The molecule has 0 aromatic heterocycles. The van der Waals surface area contributed by atoms with E-state index < -0.39 is 0 Å². The number of carbonyl (C=O) groups is 1. The van der Waals surface area contributed by atoms with Crippen LogP contribution >= 0.6 is 0 Å². The Morgan fingerprint density at radius 2 is 2.24 bits per heavy atom. The molecule has 0 aliphatic carbocycles. The Balaban J connectivity index is 2.51. The van der Waals surface area contributed by atoms with Crippen molar-refractivity contribution in [2.75, 3.05) is 26.7 Å². The number of likely N-dealkylation sites (tertiary alicyclic amines) is 1. The summed E-state index contributed by atoms with van der Waals surface area (Å²) in [4.78, 5) is 13.8. The molecule has 0 bridgehead atoms. The normalized spacial score (nSPS) is 24.1. The third kappa shape index (κ3) is 4.28. The van der Waals surface area contributed by atoms with Crippen LogP contribution in [0.2, 0.25) is 0 Å². The van der Waals surface area contributed by atoms with E-state index in [0.717, 1.165) is 25.4 Å². The summed E-state index contributed by atoms with van der Waals surface area (Å²) >= 11 is 0. The van der Waals surface area contributed by atoms with E-state index in [1.165, 1.54) is 32.8 Å². The number of esters is 1. The summed E-state index contributed by atoms with van der Waals surface area (Å²) < 4.78 is 4.81. The zero-order valence-corrected chi connectivity index (χ0v) is 11.2. The first-order chi connectivity index (χ1) is 8.22. The summed E-state index contributed by atoms with van der Waals surface area (Å²) in [6, 6.07) is -0.250. The van der Waals surface area contributed by atoms with Gasteiger partial charge in [0, 0.05) is 6.54 Å². The monoisotopic (exact) mass is 242 g/mol. The molecule has 4 nitrogen and oxygen atoms in total. The van der Waals surface area contributed by atoms with Crippen LogP contribution in [0.3, 0.4) is 0 Å². The molecule has 1 fully saturated rings. The molecule has 1 rings (SSSR count). The average Bonchev–Trinajstić information content (AvgIpc) is 2.56. The second kappa shape index (κ2) is 7.67. The van der Waals surface area contributed by atoms with Gasteiger partial charge in [-0.25, -0.2) is 0 Å². The minimum absolute atomic E-state index is 0.193. The van der Waals surface area contributed by atoms with Gasteiger partial charge in [0.05, 0.1) is 7.11 Å². The molecule has 0 spiro atoms. The van der Waals surface area contributed by atoms with Crippen LogP contribution in [0.5, 0.6) is 0 Å². The van der Waals surface area contributed by atoms with Gasteiger partial charge in [-0.05, 0) is 38.3 Å². The highest BCUT2D eigenvalue weighted by Crippen LogP contribution is 2.22. The second-order valence-electron chi connectivity index (χ2n) is 4.90. The smallest absolute Gasteiger partial charge is 0.324 e. The third-order valence-electron chi connectivity index (χ3n) is 3.72. The Morgan fingerprint density at radius 3 is 2.82 bits per heavy atom. The number of nitrogens with zero attached hydrogens (tertiary/aromatic N) is 1. The van der Waals surface area contributed by atoms with Gasteiger partial charge in [0.1, 0.15) is 6.04 Å². The van der Waals surface area contributed by atoms with E-state index in [1.807, 2.05) is 0 Å². The maximum atomic E-state index is 11.6. The standard InChI is InChI=1S/C13H26N2O2/c1-3-5-11-6-4-8-15(9-7-11)12(10-14)13(16)17-2/h11-12H,3-10,14H2,1-2H3. The van der Waals surface area contributed by atoms with E-state index in [4.69, 9.17) is 10.5 Å². The molecule has 0 amide bonds. The molecule has 1 saturated heterocycles. The lowest BCUT2D eigenvalue weighted by atomic mass is 9.96. The van der Waals surface area contributed by atoms with Crippen molar-refractivity contribution in [3.8, 4) is 0 Å². The molecule has 17 heavy (non-hydrogen) atoms. The lowest BCUT2D eigenvalue weighted by molar-refractivity contribution is -0.146. The van der Waals surface area contributed by atoms with Gasteiger partial charge in [0.25, 0.3) is 0 Å². The van der Waals surface area contributed by atoms with Gasteiger partial charge in [-0.15, -0.1) is 0 Å². The summed E-state index contributed by atoms with van der Waals surface area (Å²) in [5.41, 5.74) is 5.68. The van der Waals surface area contributed by atoms with E-state index >= 15 is 0 Å². The fraction of sp³-hybridized carbons (Fsp3) is 0.923. The largest absolute Gasteiger partial charge is 0.468 e.